The first-order valence-electron chi connectivity index (χ1n) is 10.1. The van der Waals surface area contributed by atoms with Gasteiger partial charge in [0, 0.05) is 5.69 Å². The van der Waals surface area contributed by atoms with Crippen LogP contribution in [0.15, 0.2) is 36.4 Å². The van der Waals surface area contributed by atoms with Crippen LogP contribution in [0.3, 0.4) is 0 Å². The molecule has 30 heavy (non-hydrogen) atoms. The Morgan fingerprint density at radius 2 is 1.80 bits per heavy atom. The van der Waals surface area contributed by atoms with Crippen LogP contribution in [0.2, 0.25) is 0 Å². The van der Waals surface area contributed by atoms with Crippen molar-refractivity contribution in [2.45, 2.75) is 33.7 Å². The fraction of sp³-hybridized carbons (Fsp3) is 0.348. The highest BCUT2D eigenvalue weighted by atomic mass is 16.2. The molecule has 2 aromatic rings. The second-order valence-corrected chi connectivity index (χ2v) is 8.06. The number of para-hydroxylation sites is 2. The molecule has 1 unspecified atom stereocenters. The number of quaternary nitrogens is 1. The topological polar surface area (TPSA) is 83.0 Å². The molecule has 158 valence electrons. The van der Waals surface area contributed by atoms with E-state index in [0.29, 0.717) is 11.4 Å². The predicted octanol–water partition coefficient (Wildman–Crippen LogP) is 1.44. The highest BCUT2D eigenvalue weighted by molar-refractivity contribution is 6.10. The summed E-state index contributed by atoms with van der Waals surface area (Å²) in [7, 11) is 1.81. The van der Waals surface area contributed by atoms with Crippen LogP contribution in [0.25, 0.3) is 0 Å². The zero-order chi connectivity index (χ0) is 22.0. The number of hydrogen-bond acceptors (Lipinski definition) is 3. The maximum Gasteiger partial charge on any atom is 0.285 e. The van der Waals surface area contributed by atoms with Crippen LogP contribution in [-0.4, -0.2) is 43.9 Å². The molecule has 0 aliphatic carbocycles. The number of benzene rings is 2. The first-order valence-corrected chi connectivity index (χ1v) is 10.1. The van der Waals surface area contributed by atoms with Crippen LogP contribution >= 0.6 is 0 Å². The SMILES string of the molecule is Cc1cc(C)c(NC(=O)C[NH+](C)[C@H](C)C(=O)N2CC(=O)Nc3ccccc32)c(C)c1. The molecule has 1 aliphatic rings. The summed E-state index contributed by atoms with van der Waals surface area (Å²) in [6.07, 6.45) is 0. The van der Waals surface area contributed by atoms with Gasteiger partial charge in [-0.25, -0.2) is 0 Å². The fourth-order valence-corrected chi connectivity index (χ4v) is 3.84. The Morgan fingerprint density at radius 1 is 1.17 bits per heavy atom. The van der Waals surface area contributed by atoms with Crippen molar-refractivity contribution in [2.24, 2.45) is 0 Å². The Bertz CT molecular complexity index is 979. The number of amides is 3. The number of rotatable bonds is 5. The van der Waals surface area contributed by atoms with Gasteiger partial charge in [-0.2, -0.15) is 0 Å². The van der Waals surface area contributed by atoms with Crippen molar-refractivity contribution in [2.75, 3.05) is 35.7 Å². The molecule has 1 heterocycles. The maximum absolute atomic E-state index is 13.1. The van der Waals surface area contributed by atoms with Crippen LogP contribution in [0.1, 0.15) is 23.6 Å². The third kappa shape index (κ3) is 4.52. The lowest BCUT2D eigenvalue weighted by molar-refractivity contribution is -0.885. The highest BCUT2D eigenvalue weighted by Crippen LogP contribution is 2.29. The number of nitrogens with zero attached hydrogens (tertiary/aromatic N) is 1. The van der Waals surface area contributed by atoms with Crippen molar-refractivity contribution in [1.82, 2.24) is 0 Å². The van der Waals surface area contributed by atoms with Gasteiger partial charge in [0.05, 0.1) is 18.4 Å². The lowest BCUT2D eigenvalue weighted by Crippen LogP contribution is -3.15. The molecule has 0 saturated carbocycles. The number of carbonyl (C=O) groups is 3. The van der Waals surface area contributed by atoms with Crippen molar-refractivity contribution in [3.05, 3.63) is 53.1 Å². The highest BCUT2D eigenvalue weighted by Gasteiger charge is 2.33. The summed E-state index contributed by atoms with van der Waals surface area (Å²) in [4.78, 5) is 40.0. The molecule has 0 fully saturated rings. The van der Waals surface area contributed by atoms with Gasteiger partial charge in [0.15, 0.2) is 12.6 Å². The van der Waals surface area contributed by atoms with Gasteiger partial charge in [0.1, 0.15) is 6.54 Å². The molecule has 0 spiro atoms. The molecule has 7 nitrogen and oxygen atoms in total. The summed E-state index contributed by atoms with van der Waals surface area (Å²) in [5, 5.41) is 5.77. The Balaban J connectivity index is 1.69. The van der Waals surface area contributed by atoms with Gasteiger partial charge in [0.25, 0.3) is 11.8 Å². The van der Waals surface area contributed by atoms with Crippen LogP contribution in [0.4, 0.5) is 17.1 Å². The minimum atomic E-state index is -0.491. The quantitative estimate of drug-likeness (QED) is 0.699. The monoisotopic (exact) mass is 409 g/mol. The zero-order valence-corrected chi connectivity index (χ0v) is 18.1. The van der Waals surface area contributed by atoms with E-state index in [9.17, 15) is 14.4 Å². The van der Waals surface area contributed by atoms with E-state index < -0.39 is 6.04 Å². The van der Waals surface area contributed by atoms with Crippen molar-refractivity contribution in [1.29, 1.82) is 0 Å². The Kier molecular flexibility index (Phi) is 6.22. The molecule has 2 aromatic carbocycles. The standard InChI is InChI=1S/C23H28N4O3/c1-14-10-15(2)22(16(3)11-14)25-20(28)12-26(5)17(4)23(30)27-13-21(29)24-18-8-6-7-9-19(18)27/h6-11,17H,12-13H2,1-5H3,(H,24,29)(H,25,28)/p+1/t17-/m1/s1. The minimum Gasteiger partial charge on any atom is -0.323 e. The molecule has 2 atom stereocenters. The second kappa shape index (κ2) is 8.67. The molecule has 0 bridgehead atoms. The average Bonchev–Trinajstić information content (AvgIpc) is 2.68. The van der Waals surface area contributed by atoms with Gasteiger partial charge in [-0.3, -0.25) is 19.3 Å². The van der Waals surface area contributed by atoms with Crippen molar-refractivity contribution in [3.63, 3.8) is 0 Å². The molecule has 7 heteroatoms. The lowest BCUT2D eigenvalue weighted by atomic mass is 10.1. The van der Waals surface area contributed by atoms with Crippen LogP contribution < -0.4 is 20.4 Å². The van der Waals surface area contributed by atoms with E-state index >= 15 is 0 Å². The Hall–Kier alpha value is -3.19. The van der Waals surface area contributed by atoms with Crippen molar-refractivity contribution < 1.29 is 19.3 Å². The molecule has 0 aromatic heterocycles. The van der Waals surface area contributed by atoms with Crippen molar-refractivity contribution in [3.8, 4) is 0 Å². The number of nitrogens with one attached hydrogen (secondary N) is 3. The first-order chi connectivity index (χ1) is 14.2. The van der Waals surface area contributed by atoms with Gasteiger partial charge >= 0.3 is 0 Å². The zero-order valence-electron chi connectivity index (χ0n) is 18.1. The molecule has 1 aliphatic heterocycles. The largest absolute Gasteiger partial charge is 0.323 e. The lowest BCUT2D eigenvalue weighted by Gasteiger charge is -2.32. The summed E-state index contributed by atoms with van der Waals surface area (Å²) in [6.45, 7) is 7.86. The normalized spacial score (nSPS) is 15.1. The number of hydrogen-bond donors (Lipinski definition) is 3. The van der Waals surface area contributed by atoms with Crippen molar-refractivity contribution >= 4 is 34.8 Å². The van der Waals surface area contributed by atoms with Crippen LogP contribution in [-0.2, 0) is 14.4 Å². The van der Waals surface area contributed by atoms with E-state index in [0.717, 1.165) is 27.3 Å². The van der Waals surface area contributed by atoms with Gasteiger partial charge in [-0.15, -0.1) is 0 Å². The summed E-state index contributed by atoms with van der Waals surface area (Å²) in [5.41, 5.74) is 5.29. The first kappa shape index (κ1) is 21.5. The van der Waals surface area contributed by atoms with Gasteiger partial charge < -0.3 is 15.5 Å². The number of fused-ring (bicyclic) bond motifs is 1. The van der Waals surface area contributed by atoms with E-state index in [1.54, 1.807) is 13.0 Å². The fourth-order valence-electron chi connectivity index (χ4n) is 3.84. The molecular weight excluding hydrogens is 380 g/mol. The molecule has 0 radical (unpaired) electrons. The van der Waals surface area contributed by atoms with E-state index in [2.05, 4.69) is 10.6 Å². The number of carbonyl (C=O) groups excluding carboxylic acids is 3. The maximum atomic E-state index is 13.1. The molecule has 3 amide bonds. The van der Waals surface area contributed by atoms with E-state index in [1.807, 2.05) is 58.2 Å². The molecule has 0 saturated heterocycles. The average molecular weight is 410 g/mol. The molecule has 3 rings (SSSR count). The summed E-state index contributed by atoms with van der Waals surface area (Å²) >= 11 is 0. The number of aryl methyl sites for hydroxylation is 3. The minimum absolute atomic E-state index is 0.0264. The Morgan fingerprint density at radius 3 is 2.47 bits per heavy atom. The third-order valence-corrected chi connectivity index (χ3v) is 5.53. The van der Waals surface area contributed by atoms with E-state index in [1.165, 1.54) is 4.90 Å². The smallest absolute Gasteiger partial charge is 0.285 e. The van der Waals surface area contributed by atoms with E-state index in [-0.39, 0.29) is 30.8 Å². The molecule has 3 N–H and O–H groups in total. The summed E-state index contributed by atoms with van der Waals surface area (Å²) < 4.78 is 0. The molecular formula is C23H29N4O3+. The van der Waals surface area contributed by atoms with E-state index in [4.69, 9.17) is 0 Å². The van der Waals surface area contributed by atoms with Gasteiger partial charge in [-0.1, -0.05) is 29.8 Å². The second-order valence-electron chi connectivity index (χ2n) is 8.06. The van der Waals surface area contributed by atoms with Gasteiger partial charge in [0.2, 0.25) is 5.91 Å². The summed E-state index contributed by atoms with van der Waals surface area (Å²) in [6, 6.07) is 10.8. The Labute approximate surface area is 177 Å². The summed E-state index contributed by atoms with van der Waals surface area (Å²) in [5.74, 6) is -0.570. The van der Waals surface area contributed by atoms with Crippen LogP contribution in [0.5, 0.6) is 0 Å². The van der Waals surface area contributed by atoms with Crippen LogP contribution in [0, 0.1) is 20.8 Å². The van der Waals surface area contributed by atoms with Gasteiger partial charge in [-0.05, 0) is 51.0 Å². The predicted molar refractivity (Wildman–Crippen MR) is 118 cm³/mol. The third-order valence-electron chi connectivity index (χ3n) is 5.53. The number of likely N-dealkylation sites (N-methyl/N-ethyl adjacent to an activating group) is 1. The number of anilines is 3.